The number of esters is 1. The summed E-state index contributed by atoms with van der Waals surface area (Å²) < 4.78 is 5.08. The number of hydrazine groups is 1. The fourth-order valence-electron chi connectivity index (χ4n) is 2.68. The van der Waals surface area contributed by atoms with Gasteiger partial charge >= 0.3 is 5.97 Å². The minimum atomic E-state index is -0.560. The Labute approximate surface area is 150 Å². The Morgan fingerprint density at radius 2 is 2.04 bits per heavy atom. The van der Waals surface area contributed by atoms with Crippen molar-refractivity contribution in [1.82, 2.24) is 5.43 Å². The molecule has 1 aliphatic rings. The lowest BCUT2D eigenvalue weighted by molar-refractivity contribution is -0.384. The van der Waals surface area contributed by atoms with Crippen molar-refractivity contribution < 1.29 is 14.5 Å². The Morgan fingerprint density at radius 1 is 1.31 bits per heavy atom. The normalized spacial score (nSPS) is 13.2. The predicted octanol–water partition coefficient (Wildman–Crippen LogP) is 3.02. The van der Waals surface area contributed by atoms with E-state index in [4.69, 9.17) is 4.74 Å². The van der Waals surface area contributed by atoms with Gasteiger partial charge in [0.15, 0.2) is 0 Å². The van der Waals surface area contributed by atoms with Crippen LogP contribution in [0.25, 0.3) is 0 Å². The minimum Gasteiger partial charge on any atom is -0.460 e. The summed E-state index contributed by atoms with van der Waals surface area (Å²) in [6.07, 6.45) is 0. The SMILES string of the molecule is CCOC(=O)C1=Nc2c(C)cccc2CN(c2ccc([N+](=O)[O-])cc2)N1. The minimum absolute atomic E-state index is 0.000834. The van der Waals surface area contributed by atoms with Gasteiger partial charge in [-0.05, 0) is 37.1 Å². The van der Waals surface area contributed by atoms with Crippen molar-refractivity contribution in [2.45, 2.75) is 20.4 Å². The molecule has 2 aromatic carbocycles. The zero-order valence-electron chi connectivity index (χ0n) is 14.4. The third-order valence-electron chi connectivity index (χ3n) is 3.96. The molecular formula is C18H18N4O4. The van der Waals surface area contributed by atoms with E-state index in [1.165, 1.54) is 12.1 Å². The monoisotopic (exact) mass is 354 g/mol. The molecule has 2 aromatic rings. The van der Waals surface area contributed by atoms with E-state index in [9.17, 15) is 14.9 Å². The van der Waals surface area contributed by atoms with E-state index in [-0.39, 0.29) is 18.1 Å². The second-order valence-corrected chi connectivity index (χ2v) is 5.73. The Kier molecular flexibility index (Phi) is 4.83. The third kappa shape index (κ3) is 3.49. The highest BCUT2D eigenvalue weighted by Gasteiger charge is 2.23. The molecule has 0 radical (unpaired) electrons. The second kappa shape index (κ2) is 7.22. The number of nitrogens with zero attached hydrogens (tertiary/aromatic N) is 3. The van der Waals surface area contributed by atoms with Crippen LogP contribution in [0.4, 0.5) is 17.1 Å². The number of nitrogens with one attached hydrogen (secondary N) is 1. The first-order valence-electron chi connectivity index (χ1n) is 8.12. The number of aliphatic imine (C=N–C) groups is 1. The number of non-ortho nitro benzene ring substituents is 1. The van der Waals surface area contributed by atoms with Gasteiger partial charge in [0.25, 0.3) is 5.69 Å². The number of nitro groups is 1. The molecular weight excluding hydrogens is 336 g/mol. The molecule has 26 heavy (non-hydrogen) atoms. The van der Waals surface area contributed by atoms with Gasteiger partial charge in [-0.15, -0.1) is 0 Å². The van der Waals surface area contributed by atoms with Gasteiger partial charge in [0, 0.05) is 12.1 Å². The molecule has 0 aliphatic carbocycles. The lowest BCUT2D eigenvalue weighted by Crippen LogP contribution is -2.44. The molecule has 1 N–H and O–H groups in total. The van der Waals surface area contributed by atoms with Crippen molar-refractivity contribution in [3.05, 3.63) is 63.7 Å². The Hall–Kier alpha value is -3.42. The number of ether oxygens (including phenoxy) is 1. The second-order valence-electron chi connectivity index (χ2n) is 5.73. The lowest BCUT2D eigenvalue weighted by atomic mass is 10.1. The molecule has 1 aliphatic heterocycles. The summed E-state index contributed by atoms with van der Waals surface area (Å²) in [6, 6.07) is 11.9. The number of carbonyl (C=O) groups excluding carboxylic acids is 1. The molecule has 3 rings (SSSR count). The van der Waals surface area contributed by atoms with Crippen LogP contribution in [-0.4, -0.2) is 23.3 Å². The predicted molar refractivity (Wildman–Crippen MR) is 97.3 cm³/mol. The van der Waals surface area contributed by atoms with Gasteiger partial charge in [-0.25, -0.2) is 9.79 Å². The van der Waals surface area contributed by atoms with Gasteiger partial charge in [-0.3, -0.25) is 20.5 Å². The average Bonchev–Trinajstić information content (AvgIpc) is 2.83. The highest BCUT2D eigenvalue weighted by molar-refractivity contribution is 6.36. The molecule has 1 heterocycles. The number of benzene rings is 2. The van der Waals surface area contributed by atoms with E-state index in [0.717, 1.165) is 11.1 Å². The number of aryl methyl sites for hydroxylation is 1. The third-order valence-corrected chi connectivity index (χ3v) is 3.96. The van der Waals surface area contributed by atoms with Gasteiger partial charge in [-0.2, -0.15) is 0 Å². The van der Waals surface area contributed by atoms with Crippen LogP contribution < -0.4 is 10.4 Å². The molecule has 0 saturated carbocycles. The van der Waals surface area contributed by atoms with E-state index in [1.54, 1.807) is 24.1 Å². The molecule has 0 fully saturated rings. The van der Waals surface area contributed by atoms with Crippen molar-refractivity contribution in [3.8, 4) is 0 Å². The van der Waals surface area contributed by atoms with Crippen molar-refractivity contribution in [2.24, 2.45) is 4.99 Å². The molecule has 0 bridgehead atoms. The molecule has 0 spiro atoms. The number of fused-ring (bicyclic) bond motifs is 1. The van der Waals surface area contributed by atoms with Gasteiger partial charge in [0.05, 0.1) is 29.4 Å². The fraction of sp³-hybridized carbons (Fsp3) is 0.222. The van der Waals surface area contributed by atoms with Crippen LogP contribution in [0.15, 0.2) is 47.5 Å². The maximum absolute atomic E-state index is 12.3. The first kappa shape index (κ1) is 17.4. The summed E-state index contributed by atoms with van der Waals surface area (Å²) in [5.41, 5.74) is 6.23. The first-order valence-corrected chi connectivity index (χ1v) is 8.12. The van der Waals surface area contributed by atoms with Crippen molar-refractivity contribution in [2.75, 3.05) is 11.6 Å². The summed E-state index contributed by atoms with van der Waals surface area (Å²) in [7, 11) is 0. The summed E-state index contributed by atoms with van der Waals surface area (Å²) >= 11 is 0. The summed E-state index contributed by atoms with van der Waals surface area (Å²) in [4.78, 5) is 27.1. The number of rotatable bonds is 4. The highest BCUT2D eigenvalue weighted by atomic mass is 16.6. The van der Waals surface area contributed by atoms with E-state index >= 15 is 0 Å². The Bertz CT molecular complexity index is 877. The van der Waals surface area contributed by atoms with Crippen LogP contribution in [0.5, 0.6) is 0 Å². The number of anilines is 1. The molecule has 0 saturated heterocycles. The smallest absolute Gasteiger partial charge is 0.375 e. The molecule has 0 atom stereocenters. The standard InChI is InChI=1S/C18H18N4O4/c1-3-26-18(23)17-19-16-12(2)5-4-6-13(16)11-21(20-17)14-7-9-15(10-8-14)22(24)25/h4-10H,3,11H2,1-2H3,(H,19,20). The largest absolute Gasteiger partial charge is 0.460 e. The van der Waals surface area contributed by atoms with Gasteiger partial charge < -0.3 is 4.74 Å². The van der Waals surface area contributed by atoms with Crippen LogP contribution in [0.3, 0.4) is 0 Å². The van der Waals surface area contributed by atoms with E-state index in [0.29, 0.717) is 17.9 Å². The van der Waals surface area contributed by atoms with Crippen LogP contribution in [0, 0.1) is 17.0 Å². The Balaban J connectivity index is 2.01. The van der Waals surface area contributed by atoms with Gasteiger partial charge in [0.2, 0.25) is 5.84 Å². The zero-order valence-corrected chi connectivity index (χ0v) is 14.4. The number of para-hydroxylation sites is 1. The summed E-state index contributed by atoms with van der Waals surface area (Å²) in [5, 5.41) is 12.6. The molecule has 0 amide bonds. The number of amidine groups is 1. The van der Waals surface area contributed by atoms with E-state index in [2.05, 4.69) is 10.4 Å². The lowest BCUT2D eigenvalue weighted by Gasteiger charge is -2.24. The molecule has 8 nitrogen and oxygen atoms in total. The fourth-order valence-corrected chi connectivity index (χ4v) is 2.68. The topological polar surface area (TPSA) is 97.1 Å². The number of carbonyl (C=O) groups is 1. The molecule has 8 heteroatoms. The Morgan fingerprint density at radius 3 is 2.69 bits per heavy atom. The molecule has 0 unspecified atom stereocenters. The average molecular weight is 354 g/mol. The highest BCUT2D eigenvalue weighted by Crippen LogP contribution is 2.29. The van der Waals surface area contributed by atoms with Crippen LogP contribution in [0.2, 0.25) is 0 Å². The van der Waals surface area contributed by atoms with Crippen molar-refractivity contribution in [1.29, 1.82) is 0 Å². The molecule has 0 aromatic heterocycles. The summed E-state index contributed by atoms with van der Waals surface area (Å²) in [5.74, 6) is -0.492. The number of hydrogen-bond acceptors (Lipinski definition) is 7. The van der Waals surface area contributed by atoms with Crippen LogP contribution in [0.1, 0.15) is 18.1 Å². The quantitative estimate of drug-likeness (QED) is 0.515. The summed E-state index contributed by atoms with van der Waals surface area (Å²) in [6.45, 7) is 4.31. The van der Waals surface area contributed by atoms with Gasteiger partial charge in [-0.1, -0.05) is 18.2 Å². The van der Waals surface area contributed by atoms with E-state index < -0.39 is 10.9 Å². The molecule has 134 valence electrons. The zero-order chi connectivity index (χ0) is 18.7. The van der Waals surface area contributed by atoms with Crippen molar-refractivity contribution >= 4 is 28.9 Å². The first-order chi connectivity index (χ1) is 12.5. The van der Waals surface area contributed by atoms with Gasteiger partial charge in [0.1, 0.15) is 0 Å². The van der Waals surface area contributed by atoms with Crippen molar-refractivity contribution in [3.63, 3.8) is 0 Å². The maximum atomic E-state index is 12.3. The van der Waals surface area contributed by atoms with E-state index in [1.807, 2.05) is 25.1 Å². The number of nitro benzene ring substituents is 1. The number of hydrogen-bond donors (Lipinski definition) is 1. The van der Waals surface area contributed by atoms with Crippen LogP contribution >= 0.6 is 0 Å². The maximum Gasteiger partial charge on any atom is 0.375 e. The van der Waals surface area contributed by atoms with Crippen LogP contribution in [-0.2, 0) is 16.1 Å².